The minimum atomic E-state index is -0.606. The Bertz CT molecular complexity index is 1020. The summed E-state index contributed by atoms with van der Waals surface area (Å²) in [7, 11) is 0. The van der Waals surface area contributed by atoms with Crippen molar-refractivity contribution in [3.05, 3.63) is 64.5 Å². The number of thiocarbonyl (C=S) groups is 1. The third kappa shape index (κ3) is 4.01. The van der Waals surface area contributed by atoms with E-state index in [0.717, 1.165) is 10.8 Å². The van der Waals surface area contributed by atoms with Gasteiger partial charge in [-0.2, -0.15) is 0 Å². The van der Waals surface area contributed by atoms with Crippen LogP contribution in [0.15, 0.2) is 57.6 Å². The first kappa shape index (κ1) is 17.9. The van der Waals surface area contributed by atoms with Crippen LogP contribution >= 0.6 is 28.1 Å². The highest BCUT2D eigenvalue weighted by Gasteiger charge is 2.15. The molecule has 0 spiro atoms. The first-order chi connectivity index (χ1) is 12.4. The molecule has 4 N–H and O–H groups in total. The number of amides is 2. The molecule has 26 heavy (non-hydrogen) atoms. The van der Waals surface area contributed by atoms with Crippen LogP contribution in [0.1, 0.15) is 20.9 Å². The number of hydrogen-bond donors (Lipinski definition) is 4. The van der Waals surface area contributed by atoms with Gasteiger partial charge >= 0.3 is 0 Å². The SMILES string of the molecule is O=C(NC(=S)NNC(=O)c1cc2ccccc2cc1O)c1ccc(Br)o1. The molecule has 0 saturated heterocycles. The Balaban J connectivity index is 1.62. The zero-order valence-electron chi connectivity index (χ0n) is 13.1. The van der Waals surface area contributed by atoms with Gasteiger partial charge in [0.15, 0.2) is 15.5 Å². The topological polar surface area (TPSA) is 104 Å². The highest BCUT2D eigenvalue weighted by molar-refractivity contribution is 9.10. The molecule has 0 atom stereocenters. The Kier molecular flexibility index (Phi) is 5.19. The largest absolute Gasteiger partial charge is 0.507 e. The highest BCUT2D eigenvalue weighted by atomic mass is 79.9. The lowest BCUT2D eigenvalue weighted by Gasteiger charge is -2.11. The molecule has 132 valence electrons. The monoisotopic (exact) mass is 433 g/mol. The van der Waals surface area contributed by atoms with Crippen molar-refractivity contribution in [3.63, 3.8) is 0 Å². The van der Waals surface area contributed by atoms with E-state index in [9.17, 15) is 14.7 Å². The fourth-order valence-corrected chi connectivity index (χ4v) is 2.67. The Morgan fingerprint density at radius 1 is 1.00 bits per heavy atom. The quantitative estimate of drug-likeness (QED) is 0.366. The van der Waals surface area contributed by atoms with Crippen molar-refractivity contribution < 1.29 is 19.1 Å². The summed E-state index contributed by atoms with van der Waals surface area (Å²) < 4.78 is 5.50. The third-order valence-corrected chi connectivity index (χ3v) is 4.05. The number of phenolic OH excluding ortho intramolecular Hbond substituents is 1. The van der Waals surface area contributed by atoms with Gasteiger partial charge in [-0.15, -0.1) is 0 Å². The van der Waals surface area contributed by atoms with Crippen LogP contribution < -0.4 is 16.2 Å². The lowest BCUT2D eigenvalue weighted by atomic mass is 10.1. The van der Waals surface area contributed by atoms with Gasteiger partial charge in [0.05, 0.1) is 5.56 Å². The number of fused-ring (bicyclic) bond motifs is 1. The number of benzene rings is 2. The fraction of sp³-hybridized carbons (Fsp3) is 0. The second-order valence-electron chi connectivity index (χ2n) is 5.18. The number of hydrazine groups is 1. The van der Waals surface area contributed by atoms with Crippen LogP contribution in [-0.4, -0.2) is 22.0 Å². The summed E-state index contributed by atoms with van der Waals surface area (Å²) in [6.45, 7) is 0. The average molecular weight is 434 g/mol. The molecule has 0 radical (unpaired) electrons. The molecule has 2 amide bonds. The Labute approximate surface area is 161 Å². The Morgan fingerprint density at radius 3 is 2.35 bits per heavy atom. The van der Waals surface area contributed by atoms with Gasteiger partial charge in [0.25, 0.3) is 11.8 Å². The maximum atomic E-state index is 12.2. The predicted octanol–water partition coefficient (Wildman–Crippen LogP) is 2.85. The van der Waals surface area contributed by atoms with Crippen LogP contribution in [-0.2, 0) is 0 Å². The molecule has 0 aliphatic carbocycles. The van der Waals surface area contributed by atoms with Crippen LogP contribution in [0.4, 0.5) is 0 Å². The van der Waals surface area contributed by atoms with Crippen molar-refractivity contribution >= 4 is 55.8 Å². The van der Waals surface area contributed by atoms with Gasteiger partial charge in [-0.3, -0.25) is 25.8 Å². The van der Waals surface area contributed by atoms with Gasteiger partial charge in [-0.05, 0) is 63.2 Å². The third-order valence-electron chi connectivity index (χ3n) is 3.42. The standard InChI is InChI=1S/C17H12BrN3O4S/c18-14-6-5-13(25-14)16(24)19-17(26)21-20-15(23)11-7-9-3-1-2-4-10(9)8-12(11)22/h1-8,22H,(H,20,23)(H2,19,21,24,26). The van der Waals surface area contributed by atoms with E-state index < -0.39 is 11.8 Å². The number of furan rings is 1. The van der Waals surface area contributed by atoms with Crippen molar-refractivity contribution in [1.82, 2.24) is 16.2 Å². The molecule has 0 fully saturated rings. The van der Waals surface area contributed by atoms with Crippen molar-refractivity contribution in [3.8, 4) is 5.75 Å². The maximum Gasteiger partial charge on any atom is 0.293 e. The summed E-state index contributed by atoms with van der Waals surface area (Å²) in [6, 6.07) is 13.4. The molecule has 3 rings (SSSR count). The van der Waals surface area contributed by atoms with Gasteiger partial charge in [0, 0.05) is 0 Å². The zero-order chi connectivity index (χ0) is 18.7. The summed E-state index contributed by atoms with van der Waals surface area (Å²) in [5.74, 6) is -1.29. The van der Waals surface area contributed by atoms with E-state index in [1.54, 1.807) is 12.1 Å². The van der Waals surface area contributed by atoms with Crippen molar-refractivity contribution in [2.45, 2.75) is 0 Å². The van der Waals surface area contributed by atoms with E-state index in [0.29, 0.717) is 4.67 Å². The molecule has 9 heteroatoms. The fourth-order valence-electron chi connectivity index (χ4n) is 2.22. The summed E-state index contributed by atoms with van der Waals surface area (Å²) >= 11 is 8.03. The van der Waals surface area contributed by atoms with Gasteiger partial charge in [0.1, 0.15) is 5.75 Å². The van der Waals surface area contributed by atoms with Crippen LogP contribution in [0.2, 0.25) is 0 Å². The highest BCUT2D eigenvalue weighted by Crippen LogP contribution is 2.24. The van der Waals surface area contributed by atoms with Crippen molar-refractivity contribution in [2.24, 2.45) is 0 Å². The molecule has 0 aliphatic heterocycles. The molecule has 0 saturated carbocycles. The summed E-state index contributed by atoms with van der Waals surface area (Å²) in [4.78, 5) is 24.1. The van der Waals surface area contributed by atoms with E-state index >= 15 is 0 Å². The number of carbonyl (C=O) groups is 2. The molecular weight excluding hydrogens is 422 g/mol. The number of aromatic hydroxyl groups is 1. The van der Waals surface area contributed by atoms with Crippen LogP contribution in [0.25, 0.3) is 10.8 Å². The number of carbonyl (C=O) groups excluding carboxylic acids is 2. The molecule has 0 aliphatic rings. The number of hydrogen-bond acceptors (Lipinski definition) is 5. The van der Waals surface area contributed by atoms with Crippen LogP contribution in [0.3, 0.4) is 0 Å². The van der Waals surface area contributed by atoms with E-state index in [2.05, 4.69) is 32.1 Å². The Morgan fingerprint density at radius 2 is 1.69 bits per heavy atom. The second-order valence-corrected chi connectivity index (χ2v) is 6.37. The first-order valence-electron chi connectivity index (χ1n) is 7.33. The van der Waals surface area contributed by atoms with Gasteiger partial charge in [-0.1, -0.05) is 24.3 Å². The van der Waals surface area contributed by atoms with Gasteiger partial charge < -0.3 is 9.52 Å². The molecule has 0 unspecified atom stereocenters. The number of halogens is 1. The zero-order valence-corrected chi connectivity index (χ0v) is 15.5. The van der Waals surface area contributed by atoms with Gasteiger partial charge in [0.2, 0.25) is 0 Å². The minimum Gasteiger partial charge on any atom is -0.507 e. The van der Waals surface area contributed by atoms with E-state index in [-0.39, 0.29) is 22.2 Å². The molecule has 3 aromatic rings. The molecule has 7 nitrogen and oxygen atoms in total. The molecule has 2 aromatic carbocycles. The van der Waals surface area contributed by atoms with Crippen molar-refractivity contribution in [1.29, 1.82) is 0 Å². The first-order valence-corrected chi connectivity index (χ1v) is 8.53. The second kappa shape index (κ2) is 7.54. The van der Waals surface area contributed by atoms with Crippen LogP contribution in [0, 0.1) is 0 Å². The van der Waals surface area contributed by atoms with Crippen molar-refractivity contribution in [2.75, 3.05) is 0 Å². The summed E-state index contributed by atoms with van der Waals surface area (Å²) in [5.41, 5.74) is 4.79. The molecule has 0 bridgehead atoms. The smallest absolute Gasteiger partial charge is 0.293 e. The lowest BCUT2D eigenvalue weighted by Crippen LogP contribution is -2.48. The Hall–Kier alpha value is -2.91. The molecule has 1 heterocycles. The summed E-state index contributed by atoms with van der Waals surface area (Å²) in [5, 5.41) is 13.9. The maximum absolute atomic E-state index is 12.2. The normalized spacial score (nSPS) is 10.3. The summed E-state index contributed by atoms with van der Waals surface area (Å²) in [6.07, 6.45) is 0. The van der Waals surface area contributed by atoms with Crippen LogP contribution in [0.5, 0.6) is 5.75 Å². The van der Waals surface area contributed by atoms with E-state index in [4.69, 9.17) is 16.6 Å². The van der Waals surface area contributed by atoms with E-state index in [1.165, 1.54) is 12.1 Å². The number of rotatable bonds is 2. The predicted molar refractivity (Wildman–Crippen MR) is 103 cm³/mol. The van der Waals surface area contributed by atoms with E-state index in [1.807, 2.05) is 24.3 Å². The number of phenols is 1. The van der Waals surface area contributed by atoms with Gasteiger partial charge in [-0.25, -0.2) is 0 Å². The lowest BCUT2D eigenvalue weighted by molar-refractivity contribution is 0.0924. The molecular formula is C17H12BrN3O4S. The number of nitrogens with one attached hydrogen (secondary N) is 3. The minimum absolute atomic E-state index is 0.0551. The molecule has 1 aromatic heterocycles. The average Bonchev–Trinajstić information content (AvgIpc) is 3.05.